The van der Waals surface area contributed by atoms with Gasteiger partial charge in [0.15, 0.2) is 9.84 Å². The molecule has 1 aromatic heterocycles. The number of thiophene rings is 1. The van der Waals surface area contributed by atoms with Gasteiger partial charge in [0.2, 0.25) is 9.84 Å². The molecule has 0 amide bonds. The highest BCUT2D eigenvalue weighted by atomic mass is 32.3. The Balaban J connectivity index is 1.94. The smallest absolute Gasteiger partial charge is 0.215 e. The van der Waals surface area contributed by atoms with Crippen molar-refractivity contribution in [2.75, 3.05) is 13.1 Å². The van der Waals surface area contributed by atoms with Crippen molar-refractivity contribution in [2.24, 2.45) is 0 Å². The van der Waals surface area contributed by atoms with E-state index in [1.54, 1.807) is 18.2 Å². The van der Waals surface area contributed by atoms with Crippen LogP contribution in [-0.2, 0) is 19.7 Å². The average Bonchev–Trinajstić information content (AvgIpc) is 3.08. The molecule has 0 radical (unpaired) electrons. The minimum atomic E-state index is -3.67. The summed E-state index contributed by atoms with van der Waals surface area (Å²) in [5, 5.41) is 2.70. The van der Waals surface area contributed by atoms with E-state index in [4.69, 9.17) is 0 Å². The topological polar surface area (TPSA) is 80.3 Å². The number of hydrogen-bond donors (Lipinski definition) is 1. The summed E-state index contributed by atoms with van der Waals surface area (Å²) in [5.41, 5.74) is 0. The first-order valence-corrected chi connectivity index (χ1v) is 11.1. The second-order valence-corrected chi connectivity index (χ2v) is 11.1. The van der Waals surface area contributed by atoms with E-state index in [9.17, 15) is 16.8 Å². The van der Waals surface area contributed by atoms with Gasteiger partial charge in [0, 0.05) is 0 Å². The second-order valence-electron chi connectivity index (χ2n) is 5.38. The molecule has 1 aliphatic heterocycles. The fourth-order valence-corrected chi connectivity index (χ4v) is 7.79. The Bertz CT molecular complexity index is 880. The Morgan fingerprint density at radius 1 is 0.870 bits per heavy atom. The summed E-state index contributed by atoms with van der Waals surface area (Å²) in [6.45, 7) is 1.34. The molecule has 1 fully saturated rings. The third kappa shape index (κ3) is 3.21. The van der Waals surface area contributed by atoms with Crippen LogP contribution in [0.3, 0.4) is 0 Å². The van der Waals surface area contributed by atoms with Gasteiger partial charge < -0.3 is 5.32 Å². The van der Waals surface area contributed by atoms with Gasteiger partial charge >= 0.3 is 0 Å². The second kappa shape index (κ2) is 6.35. The Hall–Kier alpha value is -1.22. The standard InChI is InChI=1S/C15H17NO4S3/c17-22(18,12-4-2-1-3-5-12)14-6-7-15(21-14)23(19,20)13-8-10-16-11-9-13/h1-7,13,16H,8-11H2. The molecule has 1 aromatic carbocycles. The molecule has 0 spiro atoms. The first-order valence-electron chi connectivity index (χ1n) is 7.27. The van der Waals surface area contributed by atoms with Gasteiger partial charge in [-0.2, -0.15) is 0 Å². The number of benzene rings is 1. The van der Waals surface area contributed by atoms with E-state index in [1.165, 1.54) is 24.3 Å². The highest BCUT2D eigenvalue weighted by molar-refractivity contribution is 7.96. The van der Waals surface area contributed by atoms with Crippen LogP contribution in [0.15, 0.2) is 55.8 Å². The van der Waals surface area contributed by atoms with Gasteiger partial charge in [-0.25, -0.2) is 16.8 Å². The molecule has 3 rings (SSSR count). The normalized spacial score (nSPS) is 17.2. The molecule has 2 heterocycles. The van der Waals surface area contributed by atoms with Crippen LogP contribution in [0.1, 0.15) is 12.8 Å². The van der Waals surface area contributed by atoms with E-state index in [1.807, 2.05) is 0 Å². The predicted octanol–water partition coefficient (Wildman–Crippen LogP) is 2.11. The zero-order valence-electron chi connectivity index (χ0n) is 12.3. The summed E-state index contributed by atoms with van der Waals surface area (Å²) in [6, 6.07) is 10.9. The van der Waals surface area contributed by atoms with Gasteiger partial charge in [-0.1, -0.05) is 18.2 Å². The van der Waals surface area contributed by atoms with Crippen LogP contribution in [0.5, 0.6) is 0 Å². The summed E-state index contributed by atoms with van der Waals surface area (Å²) in [4.78, 5) is 0.174. The quantitative estimate of drug-likeness (QED) is 0.890. The summed E-state index contributed by atoms with van der Waals surface area (Å²) in [5.74, 6) is 0. The van der Waals surface area contributed by atoms with Gasteiger partial charge in [0.05, 0.1) is 10.1 Å². The van der Waals surface area contributed by atoms with Gasteiger partial charge in [-0.3, -0.25) is 0 Å². The van der Waals surface area contributed by atoms with Crippen molar-refractivity contribution in [1.29, 1.82) is 0 Å². The molecule has 124 valence electrons. The highest BCUT2D eigenvalue weighted by Crippen LogP contribution is 2.33. The highest BCUT2D eigenvalue weighted by Gasteiger charge is 2.31. The largest absolute Gasteiger partial charge is 0.317 e. The van der Waals surface area contributed by atoms with Crippen LogP contribution in [0.25, 0.3) is 0 Å². The Morgan fingerprint density at radius 3 is 2.13 bits per heavy atom. The van der Waals surface area contributed by atoms with Crippen molar-refractivity contribution in [3.8, 4) is 0 Å². The Labute approximate surface area is 140 Å². The molecule has 0 aliphatic carbocycles. The van der Waals surface area contributed by atoms with Crippen molar-refractivity contribution >= 4 is 31.0 Å². The fourth-order valence-electron chi connectivity index (χ4n) is 2.59. The molecule has 8 heteroatoms. The third-order valence-electron chi connectivity index (χ3n) is 3.88. The van der Waals surface area contributed by atoms with Gasteiger partial charge in [0.25, 0.3) is 0 Å². The summed E-state index contributed by atoms with van der Waals surface area (Å²) >= 11 is 0.839. The molecule has 0 saturated carbocycles. The molecule has 2 aromatic rings. The van der Waals surface area contributed by atoms with E-state index >= 15 is 0 Å². The summed E-state index contributed by atoms with van der Waals surface area (Å²) in [6.07, 6.45) is 1.11. The molecule has 5 nitrogen and oxygen atoms in total. The molecule has 1 aliphatic rings. The molecule has 1 saturated heterocycles. The van der Waals surface area contributed by atoms with Crippen LogP contribution in [-0.4, -0.2) is 35.2 Å². The van der Waals surface area contributed by atoms with Gasteiger partial charge in [-0.15, -0.1) is 11.3 Å². The van der Waals surface area contributed by atoms with E-state index in [2.05, 4.69) is 5.32 Å². The molecule has 0 bridgehead atoms. The van der Waals surface area contributed by atoms with Crippen LogP contribution < -0.4 is 5.32 Å². The zero-order chi connectivity index (χ0) is 16.5. The first-order chi connectivity index (χ1) is 10.9. The Morgan fingerprint density at radius 2 is 1.48 bits per heavy atom. The van der Waals surface area contributed by atoms with E-state index in [0.717, 1.165) is 11.3 Å². The van der Waals surface area contributed by atoms with Crippen LogP contribution in [0.2, 0.25) is 0 Å². The summed E-state index contributed by atoms with van der Waals surface area (Å²) < 4.78 is 50.6. The Kier molecular flexibility index (Phi) is 4.59. The molecule has 23 heavy (non-hydrogen) atoms. The fraction of sp³-hybridized carbons (Fsp3) is 0.333. The number of sulfone groups is 2. The van der Waals surface area contributed by atoms with E-state index in [-0.39, 0.29) is 13.3 Å². The number of hydrogen-bond acceptors (Lipinski definition) is 6. The lowest BCUT2D eigenvalue weighted by Gasteiger charge is -2.21. The van der Waals surface area contributed by atoms with E-state index in [0.29, 0.717) is 25.9 Å². The van der Waals surface area contributed by atoms with Crippen LogP contribution >= 0.6 is 11.3 Å². The number of rotatable bonds is 4. The van der Waals surface area contributed by atoms with Crippen molar-refractivity contribution in [3.05, 3.63) is 42.5 Å². The third-order valence-corrected chi connectivity index (χ3v) is 10.0. The zero-order valence-corrected chi connectivity index (χ0v) is 14.8. The first kappa shape index (κ1) is 16.6. The lowest BCUT2D eigenvalue weighted by atomic mass is 10.2. The van der Waals surface area contributed by atoms with Crippen molar-refractivity contribution in [3.63, 3.8) is 0 Å². The number of piperidine rings is 1. The van der Waals surface area contributed by atoms with Crippen molar-refractivity contribution in [2.45, 2.75) is 31.4 Å². The number of nitrogens with one attached hydrogen (secondary N) is 1. The molecular weight excluding hydrogens is 354 g/mol. The summed E-state index contributed by atoms with van der Waals surface area (Å²) in [7, 11) is -7.14. The maximum atomic E-state index is 12.7. The minimum Gasteiger partial charge on any atom is -0.317 e. The van der Waals surface area contributed by atoms with Crippen molar-refractivity contribution < 1.29 is 16.8 Å². The molecule has 0 atom stereocenters. The monoisotopic (exact) mass is 371 g/mol. The van der Waals surface area contributed by atoms with Crippen LogP contribution in [0, 0.1) is 0 Å². The SMILES string of the molecule is O=S(=O)(c1ccccc1)c1ccc(S(=O)(=O)C2CCNCC2)s1. The predicted molar refractivity (Wildman–Crippen MR) is 89.3 cm³/mol. The van der Waals surface area contributed by atoms with Crippen LogP contribution in [0.4, 0.5) is 0 Å². The lowest BCUT2D eigenvalue weighted by molar-refractivity contribution is 0.497. The molecular formula is C15H17NO4S3. The molecule has 0 unspecified atom stereocenters. The van der Waals surface area contributed by atoms with Gasteiger partial charge in [0.1, 0.15) is 8.42 Å². The van der Waals surface area contributed by atoms with Gasteiger partial charge in [-0.05, 0) is 50.2 Å². The lowest BCUT2D eigenvalue weighted by Crippen LogP contribution is -2.35. The maximum absolute atomic E-state index is 12.7. The minimum absolute atomic E-state index is 0.0659. The van der Waals surface area contributed by atoms with E-state index < -0.39 is 24.9 Å². The molecule has 1 N–H and O–H groups in total. The maximum Gasteiger partial charge on any atom is 0.215 e. The average molecular weight is 372 g/mol. The van der Waals surface area contributed by atoms with Crippen molar-refractivity contribution in [1.82, 2.24) is 5.32 Å².